The van der Waals surface area contributed by atoms with Crippen molar-refractivity contribution < 1.29 is 4.74 Å². The minimum absolute atomic E-state index is 0.150. The largest absolute Gasteiger partial charge is 0.491 e. The van der Waals surface area contributed by atoms with Crippen LogP contribution in [0.3, 0.4) is 0 Å². The molecule has 1 saturated heterocycles. The molecule has 0 saturated carbocycles. The smallest absolute Gasteiger partial charge is 0.191 e. The lowest BCUT2D eigenvalue weighted by Gasteiger charge is -2.17. The highest BCUT2D eigenvalue weighted by Gasteiger charge is 2.15. The van der Waals surface area contributed by atoms with E-state index in [0.717, 1.165) is 54.2 Å². The highest BCUT2D eigenvalue weighted by Crippen LogP contribution is 2.24. The van der Waals surface area contributed by atoms with E-state index in [-0.39, 0.29) is 6.10 Å². The van der Waals surface area contributed by atoms with Crippen molar-refractivity contribution in [3.63, 3.8) is 0 Å². The third-order valence-corrected chi connectivity index (χ3v) is 5.80. The van der Waals surface area contributed by atoms with Gasteiger partial charge in [-0.3, -0.25) is 4.99 Å². The summed E-state index contributed by atoms with van der Waals surface area (Å²) in [6, 6.07) is 6.32. The van der Waals surface area contributed by atoms with Gasteiger partial charge in [0.05, 0.1) is 11.8 Å². The fraction of sp³-hybridized carbons (Fsp3) is 0.545. The fourth-order valence-electron chi connectivity index (χ4n) is 3.34. The summed E-state index contributed by atoms with van der Waals surface area (Å²) in [6.45, 7) is 9.93. The Morgan fingerprint density at radius 2 is 2.07 bits per heavy atom. The molecule has 0 atom stereocenters. The zero-order chi connectivity index (χ0) is 20.6. The lowest BCUT2D eigenvalue weighted by Crippen LogP contribution is -2.38. The molecule has 1 aromatic heterocycles. The topological polar surface area (TPSA) is 61.8 Å². The van der Waals surface area contributed by atoms with Gasteiger partial charge in [-0.15, -0.1) is 11.3 Å². The first kappa shape index (κ1) is 21.4. The van der Waals surface area contributed by atoms with E-state index >= 15 is 0 Å². The predicted molar refractivity (Wildman–Crippen MR) is 122 cm³/mol. The average molecular weight is 416 g/mol. The number of ether oxygens (including phenoxy) is 1. The number of anilines is 1. The third kappa shape index (κ3) is 6.35. The monoisotopic (exact) mass is 415 g/mol. The van der Waals surface area contributed by atoms with Gasteiger partial charge in [0.25, 0.3) is 0 Å². The Bertz CT molecular complexity index is 811. The standard InChI is InChI=1S/C22H33N5OS/c1-16(2)28-20-13-17(3)7-8-18(20)14-25-21(23-4)24-10-9-19-15-29-22(26-19)27-11-5-6-12-27/h7-8,13,15-16H,5-6,9-12,14H2,1-4H3,(H2,23,24,25). The molecule has 2 aromatic rings. The molecule has 0 spiro atoms. The molecule has 2 heterocycles. The third-order valence-electron chi connectivity index (χ3n) is 4.85. The Labute approximate surface area is 178 Å². The fourth-order valence-corrected chi connectivity index (χ4v) is 4.26. The van der Waals surface area contributed by atoms with Crippen molar-refractivity contribution in [2.24, 2.45) is 4.99 Å². The summed E-state index contributed by atoms with van der Waals surface area (Å²) in [4.78, 5) is 11.5. The number of aromatic nitrogens is 1. The molecule has 0 bridgehead atoms. The van der Waals surface area contributed by atoms with E-state index in [2.05, 4.69) is 51.0 Å². The molecule has 3 rings (SSSR count). The first-order valence-electron chi connectivity index (χ1n) is 10.4. The van der Waals surface area contributed by atoms with Crippen LogP contribution < -0.4 is 20.3 Å². The Morgan fingerprint density at radius 1 is 1.28 bits per heavy atom. The van der Waals surface area contributed by atoms with Crippen LogP contribution in [0.5, 0.6) is 5.75 Å². The molecule has 0 aliphatic carbocycles. The van der Waals surface area contributed by atoms with Gasteiger partial charge >= 0.3 is 0 Å². The van der Waals surface area contributed by atoms with Crippen molar-refractivity contribution in [2.45, 2.75) is 52.7 Å². The molecule has 2 N–H and O–H groups in total. The lowest BCUT2D eigenvalue weighted by molar-refractivity contribution is 0.239. The van der Waals surface area contributed by atoms with Crippen LogP contribution in [0.4, 0.5) is 5.13 Å². The number of aryl methyl sites for hydroxylation is 1. The van der Waals surface area contributed by atoms with Crippen LogP contribution in [-0.2, 0) is 13.0 Å². The normalized spacial score (nSPS) is 14.5. The van der Waals surface area contributed by atoms with Gasteiger partial charge in [-0.1, -0.05) is 12.1 Å². The number of guanidine groups is 1. The van der Waals surface area contributed by atoms with E-state index in [0.29, 0.717) is 6.54 Å². The van der Waals surface area contributed by atoms with Gasteiger partial charge in [0.15, 0.2) is 11.1 Å². The second-order valence-electron chi connectivity index (χ2n) is 7.70. The molecule has 1 aromatic carbocycles. The molecule has 29 heavy (non-hydrogen) atoms. The number of hydrogen-bond acceptors (Lipinski definition) is 5. The van der Waals surface area contributed by atoms with Gasteiger partial charge in [-0.05, 0) is 45.2 Å². The van der Waals surface area contributed by atoms with Crippen LogP contribution >= 0.6 is 11.3 Å². The summed E-state index contributed by atoms with van der Waals surface area (Å²) in [5, 5.41) is 10.1. The lowest BCUT2D eigenvalue weighted by atomic mass is 10.1. The van der Waals surface area contributed by atoms with Crippen molar-refractivity contribution in [1.29, 1.82) is 0 Å². The summed E-state index contributed by atoms with van der Waals surface area (Å²) in [5.74, 6) is 1.72. The van der Waals surface area contributed by atoms with E-state index in [4.69, 9.17) is 9.72 Å². The van der Waals surface area contributed by atoms with Crippen LogP contribution in [0.15, 0.2) is 28.6 Å². The summed E-state index contributed by atoms with van der Waals surface area (Å²) < 4.78 is 5.96. The van der Waals surface area contributed by atoms with Crippen molar-refractivity contribution in [2.75, 3.05) is 31.6 Å². The minimum Gasteiger partial charge on any atom is -0.491 e. The Balaban J connectivity index is 1.47. The maximum absolute atomic E-state index is 5.96. The van der Waals surface area contributed by atoms with E-state index in [1.165, 1.54) is 18.4 Å². The molecule has 0 amide bonds. The molecule has 1 aliphatic rings. The van der Waals surface area contributed by atoms with Crippen molar-refractivity contribution in [1.82, 2.24) is 15.6 Å². The van der Waals surface area contributed by atoms with Gasteiger partial charge in [-0.25, -0.2) is 4.98 Å². The van der Waals surface area contributed by atoms with Gasteiger partial charge < -0.3 is 20.3 Å². The van der Waals surface area contributed by atoms with Crippen molar-refractivity contribution >= 4 is 22.4 Å². The number of hydrogen-bond donors (Lipinski definition) is 2. The zero-order valence-electron chi connectivity index (χ0n) is 18.0. The van der Waals surface area contributed by atoms with Gasteiger partial charge in [-0.2, -0.15) is 0 Å². The van der Waals surface area contributed by atoms with Crippen LogP contribution in [0, 0.1) is 6.92 Å². The average Bonchev–Trinajstić information content (AvgIpc) is 3.37. The van der Waals surface area contributed by atoms with E-state index in [9.17, 15) is 0 Å². The highest BCUT2D eigenvalue weighted by molar-refractivity contribution is 7.13. The maximum Gasteiger partial charge on any atom is 0.191 e. The maximum atomic E-state index is 5.96. The molecule has 0 radical (unpaired) electrons. The molecular formula is C22H33N5OS. The number of nitrogens with zero attached hydrogens (tertiary/aromatic N) is 3. The summed E-state index contributed by atoms with van der Waals surface area (Å²) in [6.07, 6.45) is 3.60. The number of rotatable bonds is 8. The minimum atomic E-state index is 0.150. The number of nitrogens with one attached hydrogen (secondary N) is 2. The first-order valence-corrected chi connectivity index (χ1v) is 11.3. The molecule has 158 valence electrons. The highest BCUT2D eigenvalue weighted by atomic mass is 32.1. The van der Waals surface area contributed by atoms with Crippen LogP contribution in [-0.4, -0.2) is 43.7 Å². The molecule has 1 aliphatic heterocycles. The Morgan fingerprint density at radius 3 is 2.79 bits per heavy atom. The van der Waals surface area contributed by atoms with Crippen LogP contribution in [0.25, 0.3) is 0 Å². The van der Waals surface area contributed by atoms with Gasteiger partial charge in [0.2, 0.25) is 0 Å². The van der Waals surface area contributed by atoms with E-state index in [1.807, 2.05) is 13.8 Å². The number of benzene rings is 1. The second kappa shape index (κ2) is 10.5. The SMILES string of the molecule is CN=C(NCCc1csc(N2CCCC2)n1)NCc1ccc(C)cc1OC(C)C. The van der Waals surface area contributed by atoms with Gasteiger partial charge in [0.1, 0.15) is 5.75 Å². The molecule has 0 unspecified atom stereocenters. The summed E-state index contributed by atoms with van der Waals surface area (Å²) >= 11 is 1.75. The quantitative estimate of drug-likeness (QED) is 0.508. The van der Waals surface area contributed by atoms with E-state index in [1.54, 1.807) is 18.4 Å². The van der Waals surface area contributed by atoms with Crippen molar-refractivity contribution in [3.05, 3.63) is 40.4 Å². The predicted octanol–water partition coefficient (Wildman–Crippen LogP) is 3.75. The Kier molecular flexibility index (Phi) is 7.75. The first-order chi connectivity index (χ1) is 14.0. The zero-order valence-corrected chi connectivity index (χ0v) is 18.8. The van der Waals surface area contributed by atoms with E-state index < -0.39 is 0 Å². The summed E-state index contributed by atoms with van der Waals surface area (Å²) in [7, 11) is 1.80. The number of thiazole rings is 1. The molecule has 6 nitrogen and oxygen atoms in total. The van der Waals surface area contributed by atoms with Crippen LogP contribution in [0.2, 0.25) is 0 Å². The number of aliphatic imine (C=N–C) groups is 1. The second-order valence-corrected chi connectivity index (χ2v) is 8.53. The van der Waals surface area contributed by atoms with Gasteiger partial charge in [0, 0.05) is 50.6 Å². The molecular weight excluding hydrogens is 382 g/mol. The molecule has 7 heteroatoms. The van der Waals surface area contributed by atoms with Crippen LogP contribution in [0.1, 0.15) is 43.5 Å². The summed E-state index contributed by atoms with van der Waals surface area (Å²) in [5.41, 5.74) is 3.47. The Hall–Kier alpha value is -2.28. The molecule has 1 fully saturated rings. The van der Waals surface area contributed by atoms with Crippen molar-refractivity contribution in [3.8, 4) is 5.75 Å².